The van der Waals surface area contributed by atoms with Crippen molar-refractivity contribution >= 4 is 34.7 Å². The van der Waals surface area contributed by atoms with Crippen LogP contribution in [0.4, 0.5) is 5.69 Å². The molecule has 1 aromatic heterocycles. The molecule has 0 saturated carbocycles. The zero-order valence-electron chi connectivity index (χ0n) is 14.6. The third kappa shape index (κ3) is 2.96. The van der Waals surface area contributed by atoms with Crippen molar-refractivity contribution in [1.29, 1.82) is 0 Å². The van der Waals surface area contributed by atoms with Gasteiger partial charge < -0.3 is 5.11 Å². The molecule has 1 atom stereocenters. The van der Waals surface area contributed by atoms with E-state index in [4.69, 9.17) is 11.6 Å². The van der Waals surface area contributed by atoms with Gasteiger partial charge in [-0.1, -0.05) is 60.1 Å². The van der Waals surface area contributed by atoms with Gasteiger partial charge in [0, 0.05) is 16.8 Å². The molecule has 0 spiro atoms. The van der Waals surface area contributed by atoms with Crippen molar-refractivity contribution < 1.29 is 14.7 Å². The number of ketones is 1. The lowest BCUT2D eigenvalue weighted by molar-refractivity contribution is -0.132. The molecule has 138 valence electrons. The summed E-state index contributed by atoms with van der Waals surface area (Å²) in [4.78, 5) is 31.2. The first-order valence-electron chi connectivity index (χ1n) is 8.60. The van der Waals surface area contributed by atoms with E-state index in [1.807, 2.05) is 0 Å². The summed E-state index contributed by atoms with van der Waals surface area (Å²) in [5.74, 6) is -1.75. The largest absolute Gasteiger partial charge is 0.507 e. The maximum atomic E-state index is 12.9. The molecule has 2 aromatic carbocycles. The molecule has 3 aromatic rings. The summed E-state index contributed by atoms with van der Waals surface area (Å²) >= 11 is 6.40. The highest BCUT2D eigenvalue weighted by Gasteiger charge is 2.47. The Morgan fingerprint density at radius 2 is 1.68 bits per heavy atom. The average molecular weight is 391 g/mol. The summed E-state index contributed by atoms with van der Waals surface area (Å²) in [5, 5.41) is 11.3. The van der Waals surface area contributed by atoms with E-state index in [1.54, 1.807) is 72.9 Å². The minimum atomic E-state index is -0.863. The van der Waals surface area contributed by atoms with Crippen molar-refractivity contribution in [3.8, 4) is 0 Å². The predicted molar refractivity (Wildman–Crippen MR) is 107 cm³/mol. The topological polar surface area (TPSA) is 70.5 Å². The predicted octanol–water partition coefficient (Wildman–Crippen LogP) is 4.36. The van der Waals surface area contributed by atoms with Crippen molar-refractivity contribution in [2.24, 2.45) is 0 Å². The molecule has 1 fully saturated rings. The van der Waals surface area contributed by atoms with Crippen LogP contribution in [0.25, 0.3) is 5.76 Å². The molecule has 28 heavy (non-hydrogen) atoms. The SMILES string of the molecule is O=C1C(=O)N(c2cccnc2)[C@@H](c2ccccc2Cl)C1=C(O)c1ccccc1. The molecule has 0 bridgehead atoms. The van der Waals surface area contributed by atoms with Gasteiger partial charge in [0.15, 0.2) is 0 Å². The highest BCUT2D eigenvalue weighted by Crippen LogP contribution is 2.43. The summed E-state index contributed by atoms with van der Waals surface area (Å²) in [5.41, 5.74) is 1.43. The van der Waals surface area contributed by atoms with E-state index < -0.39 is 17.7 Å². The van der Waals surface area contributed by atoms with Crippen LogP contribution >= 0.6 is 11.6 Å². The van der Waals surface area contributed by atoms with Crippen LogP contribution < -0.4 is 4.90 Å². The number of aromatic nitrogens is 1. The van der Waals surface area contributed by atoms with Crippen molar-refractivity contribution in [3.05, 3.63) is 101 Å². The average Bonchev–Trinajstić information content (AvgIpc) is 3.00. The lowest BCUT2D eigenvalue weighted by atomic mass is 9.95. The molecule has 0 aliphatic carbocycles. The lowest BCUT2D eigenvalue weighted by Crippen LogP contribution is -2.29. The van der Waals surface area contributed by atoms with Crippen LogP contribution in [0.2, 0.25) is 5.02 Å². The van der Waals surface area contributed by atoms with Crippen LogP contribution in [0.5, 0.6) is 0 Å². The van der Waals surface area contributed by atoms with Crippen LogP contribution in [0, 0.1) is 0 Å². The molecular formula is C22H15ClN2O3. The van der Waals surface area contributed by atoms with E-state index in [0.717, 1.165) is 0 Å². The van der Waals surface area contributed by atoms with Gasteiger partial charge >= 0.3 is 0 Å². The monoisotopic (exact) mass is 390 g/mol. The van der Waals surface area contributed by atoms with E-state index in [-0.39, 0.29) is 11.3 Å². The zero-order valence-corrected chi connectivity index (χ0v) is 15.4. The van der Waals surface area contributed by atoms with Gasteiger partial charge in [0.1, 0.15) is 5.76 Å². The van der Waals surface area contributed by atoms with Crippen molar-refractivity contribution in [2.75, 3.05) is 4.90 Å². The Hall–Kier alpha value is -3.44. The Balaban J connectivity index is 1.98. The Kier molecular flexibility index (Phi) is 4.67. The number of aliphatic hydroxyl groups excluding tert-OH is 1. The molecule has 1 aliphatic heterocycles. The quantitative estimate of drug-likeness (QED) is 0.410. The lowest BCUT2D eigenvalue weighted by Gasteiger charge is -2.25. The van der Waals surface area contributed by atoms with Crippen molar-refractivity contribution in [1.82, 2.24) is 4.98 Å². The van der Waals surface area contributed by atoms with E-state index in [1.165, 1.54) is 11.1 Å². The number of halogens is 1. The second-order valence-corrected chi connectivity index (χ2v) is 6.68. The zero-order chi connectivity index (χ0) is 19.7. The fraction of sp³-hybridized carbons (Fsp3) is 0.0455. The Morgan fingerprint density at radius 3 is 2.36 bits per heavy atom. The van der Waals surface area contributed by atoms with Crippen LogP contribution in [-0.4, -0.2) is 21.8 Å². The molecular weight excluding hydrogens is 376 g/mol. The number of nitrogens with zero attached hydrogens (tertiary/aromatic N) is 2. The number of carbonyl (C=O) groups excluding carboxylic acids is 2. The molecule has 1 amide bonds. The number of aliphatic hydroxyl groups is 1. The fourth-order valence-electron chi connectivity index (χ4n) is 3.34. The summed E-state index contributed by atoms with van der Waals surface area (Å²) in [6, 6.07) is 18.1. The van der Waals surface area contributed by atoms with Gasteiger partial charge in [0.05, 0.1) is 23.5 Å². The fourth-order valence-corrected chi connectivity index (χ4v) is 3.58. The molecule has 4 rings (SSSR count). The first-order valence-corrected chi connectivity index (χ1v) is 8.98. The molecule has 0 unspecified atom stereocenters. The van der Waals surface area contributed by atoms with E-state index >= 15 is 0 Å². The maximum Gasteiger partial charge on any atom is 0.300 e. The van der Waals surface area contributed by atoms with E-state index in [9.17, 15) is 14.7 Å². The van der Waals surface area contributed by atoms with Gasteiger partial charge in [-0.15, -0.1) is 0 Å². The van der Waals surface area contributed by atoms with Gasteiger partial charge in [0.2, 0.25) is 0 Å². The van der Waals surface area contributed by atoms with Crippen molar-refractivity contribution in [2.45, 2.75) is 6.04 Å². The number of rotatable bonds is 3. The Labute approximate surface area is 166 Å². The molecule has 2 heterocycles. The molecule has 1 aliphatic rings. The van der Waals surface area contributed by atoms with Crippen LogP contribution in [-0.2, 0) is 9.59 Å². The minimum absolute atomic E-state index is 0.00634. The number of carbonyl (C=O) groups is 2. The normalized spacial score (nSPS) is 18.5. The van der Waals surface area contributed by atoms with E-state index in [2.05, 4.69) is 4.98 Å². The third-order valence-corrected chi connectivity index (χ3v) is 4.96. The van der Waals surface area contributed by atoms with E-state index in [0.29, 0.717) is 21.8 Å². The van der Waals surface area contributed by atoms with Gasteiger partial charge in [0.25, 0.3) is 11.7 Å². The van der Waals surface area contributed by atoms with Gasteiger partial charge in [-0.25, -0.2) is 0 Å². The highest BCUT2D eigenvalue weighted by atomic mass is 35.5. The standard InChI is InChI=1S/C22H15ClN2O3/c23-17-11-5-4-10-16(17)19-18(20(26)14-7-2-1-3-8-14)21(27)22(28)25(19)15-9-6-12-24-13-15/h1-13,19,26H/t19-/m0/s1. The van der Waals surface area contributed by atoms with Crippen LogP contribution in [0.3, 0.4) is 0 Å². The summed E-state index contributed by atoms with van der Waals surface area (Å²) in [6.07, 6.45) is 3.08. The number of Topliss-reactive ketones (excluding diaryl/α,β-unsaturated/α-hetero) is 1. The van der Waals surface area contributed by atoms with Crippen LogP contribution in [0.1, 0.15) is 17.2 Å². The summed E-state index contributed by atoms with van der Waals surface area (Å²) in [6.45, 7) is 0. The highest BCUT2D eigenvalue weighted by molar-refractivity contribution is 6.52. The minimum Gasteiger partial charge on any atom is -0.507 e. The smallest absolute Gasteiger partial charge is 0.300 e. The van der Waals surface area contributed by atoms with Crippen molar-refractivity contribution in [3.63, 3.8) is 0 Å². The first-order chi connectivity index (χ1) is 13.6. The summed E-state index contributed by atoms with van der Waals surface area (Å²) in [7, 11) is 0. The maximum absolute atomic E-state index is 12.9. The number of benzene rings is 2. The molecule has 0 radical (unpaired) electrons. The second-order valence-electron chi connectivity index (χ2n) is 6.27. The Bertz CT molecular complexity index is 1080. The van der Waals surface area contributed by atoms with Gasteiger partial charge in [-0.2, -0.15) is 0 Å². The molecule has 1 saturated heterocycles. The number of pyridine rings is 1. The number of anilines is 1. The third-order valence-electron chi connectivity index (χ3n) is 4.62. The number of hydrogen-bond acceptors (Lipinski definition) is 4. The number of amides is 1. The Morgan fingerprint density at radius 1 is 0.964 bits per heavy atom. The second kappa shape index (κ2) is 7.29. The van der Waals surface area contributed by atoms with Crippen LogP contribution in [0.15, 0.2) is 84.7 Å². The van der Waals surface area contributed by atoms with Gasteiger partial charge in [-0.3, -0.25) is 19.5 Å². The molecule has 1 N–H and O–H groups in total. The van der Waals surface area contributed by atoms with Gasteiger partial charge in [-0.05, 0) is 23.8 Å². The summed E-state index contributed by atoms with van der Waals surface area (Å²) < 4.78 is 0. The first kappa shape index (κ1) is 17.9. The molecule has 6 heteroatoms. The number of hydrogen-bond donors (Lipinski definition) is 1. The molecule has 5 nitrogen and oxygen atoms in total.